The van der Waals surface area contributed by atoms with Crippen molar-refractivity contribution in [2.45, 2.75) is 0 Å². The fourth-order valence-corrected chi connectivity index (χ4v) is 1.05. The molecule has 1 rings (SSSR count). The Morgan fingerprint density at radius 1 is 1.27 bits per heavy atom. The van der Waals surface area contributed by atoms with Crippen LogP contribution in [0, 0.1) is 0 Å². The summed E-state index contributed by atoms with van der Waals surface area (Å²) in [5, 5.41) is 0.131. The maximum atomic E-state index is 11.1. The van der Waals surface area contributed by atoms with Gasteiger partial charge in [0.2, 0.25) is 0 Å². The van der Waals surface area contributed by atoms with Crippen LogP contribution in [0.5, 0.6) is 5.75 Å². The van der Waals surface area contributed by atoms with Crippen molar-refractivity contribution in [1.82, 2.24) is 0 Å². The van der Waals surface area contributed by atoms with Crippen LogP contribution in [0.3, 0.4) is 0 Å². The topological polar surface area (TPSA) is 52.6 Å². The average Bonchev–Trinajstić information content (AvgIpc) is 2.29. The van der Waals surface area contributed by atoms with E-state index in [1.54, 1.807) is 0 Å². The number of alkyl halides is 1. The predicted octanol–water partition coefficient (Wildman–Crippen LogP) is 1.77. The largest absolute Gasteiger partial charge is 0.465 e. The van der Waals surface area contributed by atoms with Gasteiger partial charge in [0.05, 0.1) is 12.7 Å². The summed E-state index contributed by atoms with van der Waals surface area (Å²) < 4.78 is 9.42. The zero-order valence-corrected chi connectivity index (χ0v) is 9.61. The molecular weight excluding hydrogens is 264 g/mol. The van der Waals surface area contributed by atoms with Crippen molar-refractivity contribution in [3.63, 3.8) is 0 Å². The number of esters is 2. The van der Waals surface area contributed by atoms with Crippen molar-refractivity contribution in [2.24, 2.45) is 0 Å². The van der Waals surface area contributed by atoms with Crippen LogP contribution in [0.15, 0.2) is 24.3 Å². The van der Waals surface area contributed by atoms with Crippen LogP contribution in [0.2, 0.25) is 0 Å². The van der Waals surface area contributed by atoms with Crippen molar-refractivity contribution in [2.75, 3.05) is 12.4 Å². The van der Waals surface area contributed by atoms with Crippen molar-refractivity contribution in [3.8, 4) is 5.75 Å². The van der Waals surface area contributed by atoms with Crippen LogP contribution in [0.25, 0.3) is 0 Å². The predicted molar refractivity (Wildman–Crippen MR) is 57.2 cm³/mol. The van der Waals surface area contributed by atoms with Crippen LogP contribution in [-0.2, 0) is 9.53 Å². The normalized spacial score (nSPS) is 9.47. The second-order valence-electron chi connectivity index (χ2n) is 2.62. The SMILES string of the molecule is COC(=O)c1ccc(OC(=O)CBr)cc1. The molecule has 0 unspecified atom stereocenters. The molecule has 80 valence electrons. The molecule has 0 saturated carbocycles. The molecule has 4 nitrogen and oxygen atoms in total. The lowest BCUT2D eigenvalue weighted by atomic mass is 10.2. The second-order valence-corrected chi connectivity index (χ2v) is 3.18. The number of carbonyl (C=O) groups excluding carboxylic acids is 2. The van der Waals surface area contributed by atoms with Crippen LogP contribution < -0.4 is 4.74 Å². The molecule has 0 atom stereocenters. The minimum Gasteiger partial charge on any atom is -0.465 e. The Kier molecular flexibility index (Phi) is 4.30. The fourth-order valence-electron chi connectivity index (χ4n) is 0.936. The summed E-state index contributed by atoms with van der Waals surface area (Å²) in [5.41, 5.74) is 0.413. The summed E-state index contributed by atoms with van der Waals surface area (Å²) in [6.07, 6.45) is 0. The lowest BCUT2D eigenvalue weighted by Crippen LogP contribution is -2.08. The number of hydrogen-bond donors (Lipinski definition) is 0. The third-order valence-electron chi connectivity index (χ3n) is 1.62. The molecule has 15 heavy (non-hydrogen) atoms. The number of rotatable bonds is 3. The van der Waals surface area contributed by atoms with Gasteiger partial charge in [0.25, 0.3) is 0 Å². The molecule has 0 spiro atoms. The van der Waals surface area contributed by atoms with Gasteiger partial charge in [-0.2, -0.15) is 0 Å². The first-order chi connectivity index (χ1) is 7.17. The molecule has 0 amide bonds. The van der Waals surface area contributed by atoms with Gasteiger partial charge >= 0.3 is 11.9 Å². The number of halogens is 1. The zero-order valence-electron chi connectivity index (χ0n) is 8.03. The Hall–Kier alpha value is -1.36. The minimum absolute atomic E-state index is 0.131. The Balaban J connectivity index is 2.72. The third-order valence-corrected chi connectivity index (χ3v) is 2.07. The second kappa shape index (κ2) is 5.50. The van der Waals surface area contributed by atoms with E-state index in [0.29, 0.717) is 11.3 Å². The van der Waals surface area contributed by atoms with E-state index < -0.39 is 5.97 Å². The molecule has 1 aromatic rings. The van der Waals surface area contributed by atoms with Crippen molar-refractivity contribution < 1.29 is 19.1 Å². The monoisotopic (exact) mass is 272 g/mol. The average molecular weight is 273 g/mol. The molecule has 0 saturated heterocycles. The summed E-state index contributed by atoms with van der Waals surface area (Å²) in [6, 6.07) is 6.13. The summed E-state index contributed by atoms with van der Waals surface area (Å²) in [6.45, 7) is 0. The smallest absolute Gasteiger partial charge is 0.337 e. The van der Waals surface area contributed by atoms with Crippen LogP contribution in [-0.4, -0.2) is 24.4 Å². The lowest BCUT2D eigenvalue weighted by Gasteiger charge is -2.02. The van der Waals surface area contributed by atoms with Gasteiger partial charge in [-0.05, 0) is 24.3 Å². The van der Waals surface area contributed by atoms with Gasteiger partial charge in [0, 0.05) is 0 Å². The number of hydrogen-bond acceptors (Lipinski definition) is 4. The van der Waals surface area contributed by atoms with Gasteiger partial charge in [-0.1, -0.05) is 15.9 Å². The van der Waals surface area contributed by atoms with Crippen LogP contribution >= 0.6 is 15.9 Å². The maximum absolute atomic E-state index is 11.1. The Morgan fingerprint density at radius 3 is 2.33 bits per heavy atom. The number of methoxy groups -OCH3 is 1. The van der Waals surface area contributed by atoms with E-state index in [0.717, 1.165) is 0 Å². The van der Waals surface area contributed by atoms with Crippen molar-refractivity contribution in [3.05, 3.63) is 29.8 Å². The maximum Gasteiger partial charge on any atom is 0.337 e. The van der Waals surface area contributed by atoms with E-state index in [9.17, 15) is 9.59 Å². The highest BCUT2D eigenvalue weighted by molar-refractivity contribution is 9.09. The van der Waals surface area contributed by atoms with Crippen molar-refractivity contribution >= 4 is 27.9 Å². The van der Waals surface area contributed by atoms with Gasteiger partial charge in [0.15, 0.2) is 0 Å². The van der Waals surface area contributed by atoms with Gasteiger partial charge in [-0.25, -0.2) is 4.79 Å². The van der Waals surface area contributed by atoms with E-state index in [2.05, 4.69) is 20.7 Å². The molecule has 5 heteroatoms. The van der Waals surface area contributed by atoms with Crippen LogP contribution in [0.1, 0.15) is 10.4 Å². The molecule has 0 heterocycles. The standard InChI is InChI=1S/C10H9BrO4/c1-14-10(13)7-2-4-8(5-3-7)15-9(12)6-11/h2-5H,6H2,1H3. The summed E-state index contributed by atoms with van der Waals surface area (Å²) in [5.74, 6) is -0.415. The van der Waals surface area contributed by atoms with E-state index in [1.165, 1.54) is 31.4 Å². The Morgan fingerprint density at radius 2 is 1.87 bits per heavy atom. The highest BCUT2D eigenvalue weighted by Crippen LogP contribution is 2.13. The van der Waals surface area contributed by atoms with E-state index >= 15 is 0 Å². The molecular formula is C10H9BrO4. The molecule has 0 N–H and O–H groups in total. The molecule has 0 aliphatic rings. The minimum atomic E-state index is -0.423. The Bertz CT molecular complexity index is 358. The van der Waals surface area contributed by atoms with Crippen LogP contribution in [0.4, 0.5) is 0 Å². The van der Waals surface area contributed by atoms with Crippen molar-refractivity contribution in [1.29, 1.82) is 0 Å². The molecule has 0 bridgehead atoms. The van der Waals surface area contributed by atoms with E-state index in [-0.39, 0.29) is 11.3 Å². The molecule has 0 radical (unpaired) electrons. The molecule has 0 aliphatic heterocycles. The molecule has 0 aromatic heterocycles. The third kappa shape index (κ3) is 3.36. The molecule has 0 fully saturated rings. The lowest BCUT2D eigenvalue weighted by molar-refractivity contribution is -0.131. The molecule has 1 aromatic carbocycles. The van der Waals surface area contributed by atoms with Gasteiger partial charge in [-0.15, -0.1) is 0 Å². The number of carbonyl (C=O) groups is 2. The number of ether oxygens (including phenoxy) is 2. The zero-order chi connectivity index (χ0) is 11.3. The first-order valence-electron chi connectivity index (χ1n) is 4.12. The quantitative estimate of drug-likeness (QED) is 0.478. The highest BCUT2D eigenvalue weighted by atomic mass is 79.9. The highest BCUT2D eigenvalue weighted by Gasteiger charge is 2.06. The van der Waals surface area contributed by atoms with E-state index in [4.69, 9.17) is 4.74 Å². The van der Waals surface area contributed by atoms with Gasteiger partial charge in [0.1, 0.15) is 11.1 Å². The first kappa shape index (κ1) is 11.7. The van der Waals surface area contributed by atoms with E-state index in [1.807, 2.05) is 0 Å². The first-order valence-corrected chi connectivity index (χ1v) is 5.24. The van der Waals surface area contributed by atoms with Gasteiger partial charge < -0.3 is 9.47 Å². The number of benzene rings is 1. The fraction of sp³-hybridized carbons (Fsp3) is 0.200. The summed E-state index contributed by atoms with van der Waals surface area (Å²) >= 11 is 2.97. The summed E-state index contributed by atoms with van der Waals surface area (Å²) in [7, 11) is 1.31. The Labute approximate surface area is 95.3 Å². The molecule has 0 aliphatic carbocycles. The van der Waals surface area contributed by atoms with Gasteiger partial charge in [-0.3, -0.25) is 4.79 Å². The summed E-state index contributed by atoms with van der Waals surface area (Å²) in [4.78, 5) is 22.0.